The second-order valence-corrected chi connectivity index (χ2v) is 10.3. The van der Waals surface area contributed by atoms with E-state index in [2.05, 4.69) is 12.1 Å². The summed E-state index contributed by atoms with van der Waals surface area (Å²) in [5.74, 6) is 0.0951. The lowest BCUT2D eigenvalue weighted by Crippen LogP contribution is -2.35. The molecule has 0 bridgehead atoms. The van der Waals surface area contributed by atoms with Crippen LogP contribution in [0.4, 0.5) is 0 Å². The summed E-state index contributed by atoms with van der Waals surface area (Å²) in [7, 11) is -3.38. The molecule has 0 heterocycles. The molecule has 2 atom stereocenters. The number of carbonyl (C=O) groups excluding carboxylic acids is 2. The van der Waals surface area contributed by atoms with Crippen LogP contribution in [0.25, 0.3) is 0 Å². The minimum atomic E-state index is -3.38. The smallest absolute Gasteiger partial charge is 0.220 e. The van der Waals surface area contributed by atoms with Crippen molar-refractivity contribution in [2.45, 2.75) is 44.0 Å². The predicted molar refractivity (Wildman–Crippen MR) is 131 cm³/mol. The van der Waals surface area contributed by atoms with E-state index >= 15 is 0 Å². The average molecular weight is 477 g/mol. The number of ketones is 1. The molecular weight excluding hydrogens is 448 g/mol. The first kappa shape index (κ1) is 23.9. The van der Waals surface area contributed by atoms with Gasteiger partial charge in [0.2, 0.25) is 15.9 Å². The van der Waals surface area contributed by atoms with Crippen molar-refractivity contribution >= 4 is 21.7 Å². The SMILES string of the molecule is CC(=O)N(C1CCc2ccccc21)C1CC(=O)c2ccccc21.NS(=O)(=O)Cc1ccccc1. The second kappa shape index (κ2) is 9.91. The first-order valence-electron chi connectivity index (χ1n) is 11.3. The molecule has 0 spiro atoms. The largest absolute Gasteiger partial charge is 0.328 e. The molecule has 5 rings (SSSR count). The zero-order valence-electron chi connectivity index (χ0n) is 19.1. The number of nitrogens with zero attached hydrogens (tertiary/aromatic N) is 1. The normalized spacial score (nSPS) is 18.5. The van der Waals surface area contributed by atoms with Crippen molar-refractivity contribution in [2.24, 2.45) is 5.14 Å². The number of hydrogen-bond donors (Lipinski definition) is 1. The Hall–Kier alpha value is -3.29. The zero-order chi connectivity index (χ0) is 24.3. The second-order valence-electron chi connectivity index (χ2n) is 8.70. The van der Waals surface area contributed by atoms with Crippen LogP contribution in [0.5, 0.6) is 0 Å². The maximum atomic E-state index is 12.5. The molecule has 0 aromatic heterocycles. The maximum Gasteiger partial charge on any atom is 0.220 e. The van der Waals surface area contributed by atoms with Gasteiger partial charge in [0.15, 0.2) is 5.78 Å². The van der Waals surface area contributed by atoms with Gasteiger partial charge in [-0.3, -0.25) is 9.59 Å². The fourth-order valence-corrected chi connectivity index (χ4v) is 5.63. The zero-order valence-corrected chi connectivity index (χ0v) is 19.9. The van der Waals surface area contributed by atoms with Crippen LogP contribution in [0, 0.1) is 0 Å². The minimum absolute atomic E-state index is 0.0428. The van der Waals surface area contributed by atoms with E-state index in [1.165, 1.54) is 11.1 Å². The quantitative estimate of drug-likeness (QED) is 0.606. The van der Waals surface area contributed by atoms with E-state index in [0.717, 1.165) is 29.5 Å². The van der Waals surface area contributed by atoms with Gasteiger partial charge in [-0.25, -0.2) is 13.6 Å². The highest BCUT2D eigenvalue weighted by atomic mass is 32.2. The number of rotatable bonds is 4. The van der Waals surface area contributed by atoms with Gasteiger partial charge in [-0.05, 0) is 35.1 Å². The van der Waals surface area contributed by atoms with Crippen molar-refractivity contribution in [1.29, 1.82) is 0 Å². The van der Waals surface area contributed by atoms with Crippen molar-refractivity contribution in [3.8, 4) is 0 Å². The molecule has 3 aromatic carbocycles. The van der Waals surface area contributed by atoms with E-state index < -0.39 is 10.0 Å². The highest BCUT2D eigenvalue weighted by Crippen LogP contribution is 2.44. The van der Waals surface area contributed by atoms with E-state index in [-0.39, 0.29) is 29.5 Å². The molecule has 0 saturated carbocycles. The van der Waals surface area contributed by atoms with Crippen LogP contribution in [0.2, 0.25) is 0 Å². The van der Waals surface area contributed by atoms with Crippen LogP contribution >= 0.6 is 0 Å². The number of Topliss-reactive ketones (excluding diaryl/α,β-unsaturated/α-hetero) is 1. The highest BCUT2D eigenvalue weighted by Gasteiger charge is 2.40. The van der Waals surface area contributed by atoms with Crippen molar-refractivity contribution in [2.75, 3.05) is 0 Å². The number of nitrogens with two attached hydrogens (primary N) is 1. The minimum Gasteiger partial charge on any atom is -0.328 e. The molecule has 0 aliphatic heterocycles. The lowest BCUT2D eigenvalue weighted by Gasteiger charge is -2.34. The van der Waals surface area contributed by atoms with Gasteiger partial charge >= 0.3 is 0 Å². The fraction of sp³-hybridized carbons (Fsp3) is 0.259. The molecule has 0 saturated heterocycles. The maximum absolute atomic E-state index is 12.5. The lowest BCUT2D eigenvalue weighted by molar-refractivity contribution is -0.134. The molecule has 7 heteroatoms. The van der Waals surface area contributed by atoms with E-state index in [0.29, 0.717) is 6.42 Å². The first-order chi connectivity index (χ1) is 16.2. The topological polar surface area (TPSA) is 97.5 Å². The summed E-state index contributed by atoms with van der Waals surface area (Å²) in [6.07, 6.45) is 2.33. The van der Waals surface area contributed by atoms with Crippen LogP contribution in [0.3, 0.4) is 0 Å². The molecule has 2 aliphatic carbocycles. The summed E-state index contributed by atoms with van der Waals surface area (Å²) >= 11 is 0. The fourth-order valence-electron chi connectivity index (χ4n) is 4.97. The van der Waals surface area contributed by atoms with E-state index in [1.54, 1.807) is 31.2 Å². The molecule has 3 aromatic rings. The number of amides is 1. The Bertz CT molecular complexity index is 1300. The average Bonchev–Trinajstić information content (AvgIpc) is 3.36. The van der Waals surface area contributed by atoms with Crippen LogP contribution in [0.15, 0.2) is 78.9 Å². The van der Waals surface area contributed by atoms with E-state index in [1.807, 2.05) is 47.4 Å². The highest BCUT2D eigenvalue weighted by molar-refractivity contribution is 7.88. The van der Waals surface area contributed by atoms with Gasteiger partial charge in [-0.15, -0.1) is 0 Å². The number of primary sulfonamides is 1. The Morgan fingerprint density at radius 2 is 1.53 bits per heavy atom. The van der Waals surface area contributed by atoms with Crippen LogP contribution < -0.4 is 5.14 Å². The molecule has 2 unspecified atom stereocenters. The number of carbonyl (C=O) groups is 2. The third kappa shape index (κ3) is 5.26. The van der Waals surface area contributed by atoms with Crippen molar-refractivity contribution in [1.82, 2.24) is 4.90 Å². The van der Waals surface area contributed by atoms with Crippen LogP contribution in [-0.4, -0.2) is 25.0 Å². The lowest BCUT2D eigenvalue weighted by atomic mass is 10.0. The number of benzene rings is 3. The van der Waals surface area contributed by atoms with Crippen LogP contribution in [0.1, 0.15) is 64.5 Å². The van der Waals surface area contributed by atoms with Gasteiger partial charge < -0.3 is 4.90 Å². The number of aryl methyl sites for hydroxylation is 1. The van der Waals surface area contributed by atoms with Crippen molar-refractivity contribution in [3.63, 3.8) is 0 Å². The summed E-state index contributed by atoms with van der Waals surface area (Å²) < 4.78 is 21.2. The van der Waals surface area contributed by atoms with Gasteiger partial charge in [-0.2, -0.15) is 0 Å². The summed E-state index contributed by atoms with van der Waals surface area (Å²) in [5, 5.41) is 4.84. The molecule has 0 radical (unpaired) electrons. The summed E-state index contributed by atoms with van der Waals surface area (Å²) in [6.45, 7) is 1.62. The van der Waals surface area contributed by atoms with E-state index in [9.17, 15) is 18.0 Å². The molecular formula is C27H28N2O4S. The number of hydrogen-bond acceptors (Lipinski definition) is 4. The molecule has 34 heavy (non-hydrogen) atoms. The van der Waals surface area contributed by atoms with Gasteiger partial charge in [0.1, 0.15) is 0 Å². The van der Waals surface area contributed by atoms with E-state index in [4.69, 9.17) is 5.14 Å². The molecule has 2 aliphatic rings. The molecule has 0 fully saturated rings. The Labute approximate surface area is 200 Å². The van der Waals surface area contributed by atoms with Crippen molar-refractivity contribution in [3.05, 3.63) is 107 Å². The summed E-state index contributed by atoms with van der Waals surface area (Å²) in [6, 6.07) is 24.8. The standard InChI is InChI=1S/C20H19NO2.C7H9NO2S/c1-13(22)21(18-11-10-14-6-2-3-7-15(14)18)19-12-20(23)17-9-5-4-8-16(17)19;8-11(9,10)6-7-4-2-1-3-5-7/h2-9,18-19H,10-12H2,1H3;1-5H,6H2,(H2,8,9,10). The monoisotopic (exact) mass is 476 g/mol. The summed E-state index contributed by atoms with van der Waals surface area (Å²) in [5.41, 5.74) is 5.04. The third-order valence-corrected chi connectivity index (χ3v) is 7.08. The Morgan fingerprint density at radius 3 is 2.21 bits per heavy atom. The molecule has 1 amide bonds. The van der Waals surface area contributed by atoms with Crippen LogP contribution in [-0.2, 0) is 27.0 Å². The van der Waals surface area contributed by atoms with Gasteiger partial charge in [0.05, 0.1) is 17.8 Å². The molecule has 2 N–H and O–H groups in total. The summed E-state index contributed by atoms with van der Waals surface area (Å²) in [4.78, 5) is 26.7. The number of sulfonamides is 1. The molecule has 6 nitrogen and oxygen atoms in total. The Kier molecular flexibility index (Phi) is 6.95. The third-order valence-electron chi connectivity index (χ3n) is 6.35. The first-order valence-corrected chi connectivity index (χ1v) is 13.0. The number of fused-ring (bicyclic) bond motifs is 2. The van der Waals surface area contributed by atoms with Gasteiger partial charge in [0, 0.05) is 18.9 Å². The van der Waals surface area contributed by atoms with Gasteiger partial charge in [-0.1, -0.05) is 78.9 Å². The Morgan fingerprint density at radius 1 is 0.912 bits per heavy atom. The molecule has 176 valence electrons. The Balaban J connectivity index is 0.000000210. The predicted octanol–water partition coefficient (Wildman–Crippen LogP) is 4.33. The van der Waals surface area contributed by atoms with Gasteiger partial charge in [0.25, 0.3) is 0 Å². The van der Waals surface area contributed by atoms with Crippen molar-refractivity contribution < 1.29 is 18.0 Å².